The zero-order valence-electron chi connectivity index (χ0n) is 6.73. The molecule has 2 nitrogen and oxygen atoms in total. The van der Waals surface area contributed by atoms with Gasteiger partial charge in [-0.2, -0.15) is 0 Å². The number of hydrogen-bond donors (Lipinski definition) is 0. The van der Waals surface area contributed by atoms with Crippen molar-refractivity contribution in [3.05, 3.63) is 15.4 Å². The predicted molar refractivity (Wildman–Crippen MR) is 37.1 cm³/mol. The molecule has 1 aromatic rings. The second-order valence-corrected chi connectivity index (χ2v) is 3.27. The summed E-state index contributed by atoms with van der Waals surface area (Å²) in [5.74, 6) is 0. The standard InChI is InChI=1S/C7H12N2.Rh/c1-6-7(2)9(4)5-8(6)3;/h1-4H3;. The average molecular weight is 227 g/mol. The molecule has 0 saturated heterocycles. The molecule has 1 aromatic heterocycles. The third-order valence-corrected chi connectivity index (χ3v) is 3.15. The molecule has 1 heterocycles. The van der Waals surface area contributed by atoms with E-state index in [0.29, 0.717) is 0 Å². The summed E-state index contributed by atoms with van der Waals surface area (Å²) < 4.78 is 5.50. The van der Waals surface area contributed by atoms with E-state index in [2.05, 4.69) is 54.9 Å². The van der Waals surface area contributed by atoms with Crippen LogP contribution in [0.2, 0.25) is 0 Å². The molecule has 0 spiro atoms. The first-order valence-corrected chi connectivity index (χ1v) is 4.02. The van der Waals surface area contributed by atoms with Crippen molar-refractivity contribution >= 4 is 0 Å². The summed E-state index contributed by atoms with van der Waals surface area (Å²) in [7, 11) is 4.13. The summed E-state index contributed by atoms with van der Waals surface area (Å²) in [4.78, 5) is 0. The molecular formula is C7H12N2Rh. The zero-order valence-corrected chi connectivity index (χ0v) is 8.37. The van der Waals surface area contributed by atoms with Gasteiger partial charge in [0.2, 0.25) is 0 Å². The molecule has 0 aliphatic carbocycles. The van der Waals surface area contributed by atoms with Gasteiger partial charge in [0.15, 0.2) is 0 Å². The first-order chi connectivity index (χ1) is 4.55. The minimum atomic E-state index is 1.19. The Bertz CT molecular complexity index is 278. The minimum absolute atomic E-state index is 1.19. The molecule has 3 heteroatoms. The van der Waals surface area contributed by atoms with Crippen LogP contribution < -0.4 is 0 Å². The van der Waals surface area contributed by atoms with Gasteiger partial charge < -0.3 is 0 Å². The Labute approximate surface area is 70.7 Å². The molecule has 0 aliphatic heterocycles. The van der Waals surface area contributed by atoms with Crippen LogP contribution in [0.5, 0.6) is 0 Å². The Morgan fingerprint density at radius 2 is 1.30 bits per heavy atom. The Balaban J connectivity index is 3.60. The number of nitrogens with zero attached hydrogens (tertiary/aromatic N) is 2. The van der Waals surface area contributed by atoms with E-state index in [4.69, 9.17) is 0 Å². The van der Waals surface area contributed by atoms with Gasteiger partial charge in [-0.25, -0.2) is 0 Å². The quantitative estimate of drug-likeness (QED) is 0.586. The fourth-order valence-electron chi connectivity index (χ4n) is 0.972. The molecule has 0 atom stereocenters. The van der Waals surface area contributed by atoms with Crippen molar-refractivity contribution in [1.29, 1.82) is 0 Å². The molecule has 0 radical (unpaired) electrons. The monoisotopic (exact) mass is 227 g/mol. The average Bonchev–Trinajstić information content (AvgIpc) is 2.07. The number of hydrogen-bond acceptors (Lipinski definition) is 0. The molecule has 0 aliphatic rings. The normalized spacial score (nSPS) is 10.5. The van der Waals surface area contributed by atoms with E-state index in [1.54, 1.807) is 0 Å². The van der Waals surface area contributed by atoms with Crippen molar-refractivity contribution in [2.45, 2.75) is 13.8 Å². The molecule has 59 valence electrons. The predicted octanol–water partition coefficient (Wildman–Crippen LogP) is 1.06. The second-order valence-electron chi connectivity index (χ2n) is 2.54. The number of rotatable bonds is 0. The van der Waals surface area contributed by atoms with Crippen LogP contribution in [0.25, 0.3) is 0 Å². The summed E-state index contributed by atoms with van der Waals surface area (Å²) in [5.41, 5.74) is 2.64. The van der Waals surface area contributed by atoms with Gasteiger partial charge in [-0.15, -0.1) is 0 Å². The molecule has 10 heavy (non-hydrogen) atoms. The SMILES string of the molecule is Cc1c(C)n(C)[c](=[Rh])n1C. The van der Waals surface area contributed by atoms with Crippen molar-refractivity contribution in [3.8, 4) is 0 Å². The van der Waals surface area contributed by atoms with E-state index in [0.717, 1.165) is 0 Å². The summed E-state index contributed by atoms with van der Waals surface area (Å²) in [6, 6.07) is 0. The second kappa shape index (κ2) is 2.46. The molecular weight excluding hydrogens is 215 g/mol. The summed E-state index contributed by atoms with van der Waals surface area (Å²) in [6.07, 6.45) is 0. The van der Waals surface area contributed by atoms with Gasteiger partial charge in [-0.1, -0.05) is 0 Å². The Kier molecular flexibility index (Phi) is 1.95. The van der Waals surface area contributed by atoms with E-state index in [1.165, 1.54) is 15.4 Å². The van der Waals surface area contributed by atoms with E-state index >= 15 is 0 Å². The summed E-state index contributed by atoms with van der Waals surface area (Å²) in [6.45, 7) is 4.25. The van der Waals surface area contributed by atoms with E-state index in [1.807, 2.05) is 0 Å². The molecule has 0 unspecified atom stereocenters. The van der Waals surface area contributed by atoms with Crippen LogP contribution in [0.15, 0.2) is 0 Å². The van der Waals surface area contributed by atoms with Gasteiger partial charge in [0.1, 0.15) is 0 Å². The molecule has 0 fully saturated rings. The maximum absolute atomic E-state index is 2.92. The van der Waals surface area contributed by atoms with Gasteiger partial charge >= 0.3 is 70.3 Å². The van der Waals surface area contributed by atoms with Crippen LogP contribution >= 0.6 is 0 Å². The Morgan fingerprint density at radius 3 is 1.40 bits per heavy atom. The van der Waals surface area contributed by atoms with Crippen molar-refractivity contribution in [2.75, 3.05) is 0 Å². The first-order valence-electron chi connectivity index (χ1n) is 3.21. The topological polar surface area (TPSA) is 9.86 Å². The summed E-state index contributed by atoms with van der Waals surface area (Å²) in [5, 5.41) is 0. The third-order valence-electron chi connectivity index (χ3n) is 2.05. The van der Waals surface area contributed by atoms with Crippen molar-refractivity contribution in [1.82, 2.24) is 9.13 Å². The van der Waals surface area contributed by atoms with Gasteiger partial charge in [0.25, 0.3) is 0 Å². The van der Waals surface area contributed by atoms with Crippen LogP contribution in [0.3, 0.4) is 0 Å². The van der Waals surface area contributed by atoms with Crippen LogP contribution in [0.4, 0.5) is 0 Å². The summed E-state index contributed by atoms with van der Waals surface area (Å²) >= 11 is 2.92. The van der Waals surface area contributed by atoms with Crippen LogP contribution in [0, 0.1) is 17.9 Å². The molecule has 0 N–H and O–H groups in total. The fourth-order valence-corrected chi connectivity index (χ4v) is 1.52. The zero-order chi connectivity index (χ0) is 7.89. The molecule has 1 rings (SSSR count). The van der Waals surface area contributed by atoms with Crippen molar-refractivity contribution in [3.63, 3.8) is 0 Å². The van der Waals surface area contributed by atoms with Crippen LogP contribution in [-0.4, -0.2) is 9.13 Å². The van der Waals surface area contributed by atoms with Crippen LogP contribution in [0.1, 0.15) is 11.4 Å². The van der Waals surface area contributed by atoms with E-state index < -0.39 is 0 Å². The third kappa shape index (κ3) is 0.930. The van der Waals surface area contributed by atoms with Crippen LogP contribution in [-0.2, 0) is 31.9 Å². The van der Waals surface area contributed by atoms with Gasteiger partial charge in [0.05, 0.1) is 0 Å². The molecule has 0 aromatic carbocycles. The van der Waals surface area contributed by atoms with Crippen molar-refractivity contribution in [2.24, 2.45) is 14.1 Å². The molecule has 0 amide bonds. The van der Waals surface area contributed by atoms with Gasteiger partial charge in [-0.05, 0) is 0 Å². The van der Waals surface area contributed by atoms with Gasteiger partial charge in [-0.3, -0.25) is 0 Å². The number of aromatic nitrogens is 2. The fraction of sp³-hybridized carbons (Fsp3) is 0.571. The number of imidazole rings is 1. The molecule has 0 saturated carbocycles. The first kappa shape index (κ1) is 7.94. The Hall–Kier alpha value is -0.167. The molecule has 0 bridgehead atoms. The van der Waals surface area contributed by atoms with Gasteiger partial charge in [0, 0.05) is 0 Å². The van der Waals surface area contributed by atoms with E-state index in [-0.39, 0.29) is 0 Å². The van der Waals surface area contributed by atoms with Crippen molar-refractivity contribution < 1.29 is 17.9 Å². The Morgan fingerprint density at radius 1 is 1.00 bits per heavy atom. The van der Waals surface area contributed by atoms with E-state index in [9.17, 15) is 0 Å². The maximum atomic E-state index is 2.92.